The molecule has 0 aliphatic heterocycles. The van der Waals surface area contributed by atoms with Crippen LogP contribution < -0.4 is 5.32 Å². The first-order chi connectivity index (χ1) is 13.1. The number of nitrogens with zero attached hydrogens (tertiary/aromatic N) is 3. The Balaban J connectivity index is 2.05. The number of guanidine groups is 1. The molecule has 27 heavy (non-hydrogen) atoms. The van der Waals surface area contributed by atoms with E-state index in [1.54, 1.807) is 25.6 Å². The lowest BCUT2D eigenvalue weighted by molar-refractivity contribution is 0.110. The van der Waals surface area contributed by atoms with Crippen LogP contribution in [0.5, 0.6) is 0 Å². The number of hydrogen-bond acceptors (Lipinski definition) is 5. The summed E-state index contributed by atoms with van der Waals surface area (Å²) in [7, 11) is 5.44. The van der Waals surface area contributed by atoms with Crippen LogP contribution in [-0.4, -0.2) is 50.2 Å². The van der Waals surface area contributed by atoms with Gasteiger partial charge in [-0.2, -0.15) is 0 Å². The number of thiazole rings is 1. The van der Waals surface area contributed by atoms with Gasteiger partial charge in [0.1, 0.15) is 17.2 Å². The minimum atomic E-state index is -0.0679. The topological polar surface area (TPSA) is 59.0 Å². The molecule has 2 unspecified atom stereocenters. The lowest BCUT2D eigenvalue weighted by Gasteiger charge is -2.22. The number of nitrogens with one attached hydrogen (secondary N) is 1. The van der Waals surface area contributed by atoms with Gasteiger partial charge in [0.05, 0.1) is 18.8 Å². The highest BCUT2D eigenvalue weighted by Gasteiger charge is 2.14. The maximum Gasteiger partial charge on any atom is 0.194 e. The van der Waals surface area contributed by atoms with E-state index in [0.29, 0.717) is 13.1 Å². The second-order valence-corrected chi connectivity index (χ2v) is 7.13. The van der Waals surface area contributed by atoms with Crippen molar-refractivity contribution in [1.82, 2.24) is 15.2 Å². The largest absolute Gasteiger partial charge is 0.375 e. The number of ether oxygens (including phenoxy) is 2. The van der Waals surface area contributed by atoms with Gasteiger partial charge in [0, 0.05) is 33.2 Å². The molecule has 1 N–H and O–H groups in total. The lowest BCUT2D eigenvalue weighted by Crippen LogP contribution is -2.39. The summed E-state index contributed by atoms with van der Waals surface area (Å²) in [5, 5.41) is 6.41. The predicted octanol–water partition coefficient (Wildman–Crippen LogP) is 3.64. The van der Waals surface area contributed by atoms with Gasteiger partial charge in [0.2, 0.25) is 0 Å². The Bertz CT molecular complexity index is 705. The fraction of sp³-hybridized carbons (Fsp3) is 0.500. The third kappa shape index (κ3) is 6.30. The van der Waals surface area contributed by atoms with Gasteiger partial charge in [0.15, 0.2) is 5.96 Å². The molecule has 0 aliphatic carbocycles. The standard InChI is InChI=1S/C20H30N4O2S/c1-6-21-20(22-12-18(26-5)16-10-8-7-9-11-16)24(3)13-17-14-27-19(23-17)15(2)25-4/h7-11,14-15,18H,6,12-13H2,1-5H3,(H,21,22). The average Bonchev–Trinajstić information content (AvgIpc) is 3.16. The number of aromatic nitrogens is 1. The molecule has 148 valence electrons. The summed E-state index contributed by atoms with van der Waals surface area (Å²) in [5.74, 6) is 0.838. The monoisotopic (exact) mass is 390 g/mol. The molecule has 0 aliphatic rings. The normalized spacial score (nSPS) is 14.0. The molecule has 2 atom stereocenters. The SMILES string of the molecule is CCNC(=NCC(OC)c1ccccc1)N(C)Cc1csc(C(C)OC)n1. The summed E-state index contributed by atoms with van der Waals surface area (Å²) in [5.41, 5.74) is 2.14. The van der Waals surface area contributed by atoms with Crippen LogP contribution in [0.15, 0.2) is 40.7 Å². The van der Waals surface area contributed by atoms with Crippen molar-refractivity contribution < 1.29 is 9.47 Å². The minimum absolute atomic E-state index is 0.0179. The van der Waals surface area contributed by atoms with Crippen molar-refractivity contribution in [1.29, 1.82) is 0 Å². The minimum Gasteiger partial charge on any atom is -0.375 e. The smallest absolute Gasteiger partial charge is 0.194 e. The third-order valence-electron chi connectivity index (χ3n) is 4.23. The highest BCUT2D eigenvalue weighted by Crippen LogP contribution is 2.21. The van der Waals surface area contributed by atoms with Crippen molar-refractivity contribution in [2.75, 3.05) is 34.4 Å². The fourth-order valence-electron chi connectivity index (χ4n) is 2.62. The molecule has 0 fully saturated rings. The molecule has 2 aromatic rings. The van der Waals surface area contributed by atoms with Crippen LogP contribution in [0.2, 0.25) is 0 Å². The molecular weight excluding hydrogens is 360 g/mol. The molecule has 0 spiro atoms. The summed E-state index contributed by atoms with van der Waals surface area (Å²) in [6.45, 7) is 6.11. The van der Waals surface area contributed by atoms with Crippen molar-refractivity contribution in [3.63, 3.8) is 0 Å². The predicted molar refractivity (Wildman–Crippen MR) is 111 cm³/mol. The third-order valence-corrected chi connectivity index (χ3v) is 5.28. The van der Waals surface area contributed by atoms with Crippen LogP contribution in [0.25, 0.3) is 0 Å². The zero-order valence-corrected chi connectivity index (χ0v) is 17.6. The van der Waals surface area contributed by atoms with E-state index in [1.165, 1.54) is 0 Å². The van der Waals surface area contributed by atoms with E-state index in [1.807, 2.05) is 32.2 Å². The number of benzene rings is 1. The number of methoxy groups -OCH3 is 2. The van der Waals surface area contributed by atoms with E-state index in [4.69, 9.17) is 14.5 Å². The Labute approximate surface area is 166 Å². The Hall–Kier alpha value is -1.96. The van der Waals surface area contributed by atoms with Crippen molar-refractivity contribution >= 4 is 17.3 Å². The summed E-state index contributed by atoms with van der Waals surface area (Å²) >= 11 is 1.63. The van der Waals surface area contributed by atoms with Gasteiger partial charge in [-0.1, -0.05) is 30.3 Å². The second-order valence-electron chi connectivity index (χ2n) is 6.24. The van der Waals surface area contributed by atoms with E-state index < -0.39 is 0 Å². The van der Waals surface area contributed by atoms with Gasteiger partial charge in [0.25, 0.3) is 0 Å². The second kappa shape index (κ2) is 11.0. The summed E-state index contributed by atoms with van der Waals surface area (Å²) in [6, 6.07) is 10.2. The molecule has 1 aromatic carbocycles. The Morgan fingerprint density at radius 3 is 2.63 bits per heavy atom. The van der Waals surface area contributed by atoms with E-state index in [9.17, 15) is 0 Å². The van der Waals surface area contributed by atoms with Crippen molar-refractivity contribution in [2.24, 2.45) is 4.99 Å². The van der Waals surface area contributed by atoms with Gasteiger partial charge >= 0.3 is 0 Å². The number of aliphatic imine (C=N–C) groups is 1. The first kappa shape index (κ1) is 21.3. The lowest BCUT2D eigenvalue weighted by atomic mass is 10.1. The van der Waals surface area contributed by atoms with Crippen molar-refractivity contribution in [3.05, 3.63) is 52.0 Å². The highest BCUT2D eigenvalue weighted by molar-refractivity contribution is 7.09. The average molecular weight is 391 g/mol. The van der Waals surface area contributed by atoms with Crippen LogP contribution in [0.3, 0.4) is 0 Å². The van der Waals surface area contributed by atoms with E-state index in [2.05, 4.69) is 39.6 Å². The maximum absolute atomic E-state index is 5.63. The van der Waals surface area contributed by atoms with E-state index in [-0.39, 0.29) is 12.2 Å². The molecule has 1 aromatic heterocycles. The Morgan fingerprint density at radius 1 is 1.26 bits per heavy atom. The van der Waals surface area contributed by atoms with Crippen LogP contribution in [-0.2, 0) is 16.0 Å². The van der Waals surface area contributed by atoms with Gasteiger partial charge in [-0.25, -0.2) is 4.98 Å². The quantitative estimate of drug-likeness (QED) is 0.523. The maximum atomic E-state index is 5.63. The molecule has 0 bridgehead atoms. The van der Waals surface area contributed by atoms with Gasteiger partial charge in [-0.15, -0.1) is 11.3 Å². The van der Waals surface area contributed by atoms with Crippen molar-refractivity contribution in [3.8, 4) is 0 Å². The van der Waals surface area contributed by atoms with Gasteiger partial charge < -0.3 is 19.7 Å². The zero-order chi connectivity index (χ0) is 19.6. The van der Waals surface area contributed by atoms with Crippen LogP contribution in [0.1, 0.15) is 42.3 Å². The molecule has 0 saturated carbocycles. The summed E-state index contributed by atoms with van der Waals surface area (Å²) < 4.78 is 11.0. The first-order valence-corrected chi connectivity index (χ1v) is 10.0. The Morgan fingerprint density at radius 2 is 2.00 bits per heavy atom. The summed E-state index contributed by atoms with van der Waals surface area (Å²) in [4.78, 5) is 11.5. The van der Waals surface area contributed by atoms with Gasteiger partial charge in [-0.3, -0.25) is 4.99 Å². The first-order valence-electron chi connectivity index (χ1n) is 9.13. The molecule has 6 nitrogen and oxygen atoms in total. The van der Waals surface area contributed by atoms with Crippen LogP contribution in [0, 0.1) is 0 Å². The summed E-state index contributed by atoms with van der Waals surface area (Å²) in [6.07, 6.45) is -0.0500. The zero-order valence-electron chi connectivity index (χ0n) is 16.8. The van der Waals surface area contributed by atoms with E-state index >= 15 is 0 Å². The molecule has 0 saturated heterocycles. The molecule has 0 amide bonds. The van der Waals surface area contributed by atoms with Crippen LogP contribution in [0.4, 0.5) is 0 Å². The van der Waals surface area contributed by atoms with Crippen molar-refractivity contribution in [2.45, 2.75) is 32.6 Å². The molecule has 2 rings (SSSR count). The number of rotatable bonds is 9. The highest BCUT2D eigenvalue weighted by atomic mass is 32.1. The van der Waals surface area contributed by atoms with Crippen LogP contribution >= 0.6 is 11.3 Å². The Kier molecular flexibility index (Phi) is 8.71. The molecule has 0 radical (unpaired) electrons. The molecule has 7 heteroatoms. The fourth-order valence-corrected chi connectivity index (χ4v) is 3.47. The molecular formula is C20H30N4O2S. The molecule has 1 heterocycles. The van der Waals surface area contributed by atoms with Gasteiger partial charge in [-0.05, 0) is 19.4 Å². The van der Waals surface area contributed by atoms with E-state index in [0.717, 1.165) is 28.8 Å². The number of hydrogen-bond donors (Lipinski definition) is 1.